The van der Waals surface area contributed by atoms with E-state index in [9.17, 15) is 9.90 Å². The van der Waals surface area contributed by atoms with Crippen LogP contribution in [0.15, 0.2) is 22.7 Å². The molecule has 1 aromatic rings. The van der Waals surface area contributed by atoms with Crippen LogP contribution in [0.4, 0.5) is 0 Å². The van der Waals surface area contributed by atoms with Gasteiger partial charge in [0.2, 0.25) is 0 Å². The van der Waals surface area contributed by atoms with Crippen LogP contribution in [0, 0.1) is 0 Å². The molecule has 0 bridgehead atoms. The van der Waals surface area contributed by atoms with Crippen LogP contribution in [0.3, 0.4) is 0 Å². The Labute approximate surface area is 104 Å². The smallest absolute Gasteiger partial charge is 0.168 e. The van der Waals surface area contributed by atoms with Crippen molar-refractivity contribution in [3.63, 3.8) is 0 Å². The molecule has 88 valence electrons. The molecule has 3 nitrogen and oxygen atoms in total. The number of aliphatic hydroxyl groups is 1. The van der Waals surface area contributed by atoms with Gasteiger partial charge >= 0.3 is 0 Å². The third-order valence-electron chi connectivity index (χ3n) is 2.28. The summed E-state index contributed by atoms with van der Waals surface area (Å²) in [5.74, 6) is 0.421. The summed E-state index contributed by atoms with van der Waals surface area (Å²) in [6.07, 6.45) is 0.159. The highest BCUT2D eigenvalue weighted by Gasteiger charge is 2.24. The molecule has 1 aromatic carbocycles. The molecule has 0 atom stereocenters. The summed E-state index contributed by atoms with van der Waals surface area (Å²) in [5.41, 5.74) is -0.545. The van der Waals surface area contributed by atoms with Crippen molar-refractivity contribution in [2.75, 3.05) is 7.11 Å². The summed E-state index contributed by atoms with van der Waals surface area (Å²) >= 11 is 3.34. The van der Waals surface area contributed by atoms with Gasteiger partial charge in [0.15, 0.2) is 5.78 Å². The molecule has 16 heavy (non-hydrogen) atoms. The minimum atomic E-state index is -1.31. The molecule has 4 heteroatoms. The molecule has 0 aromatic heterocycles. The second kappa shape index (κ2) is 4.97. The Morgan fingerprint density at radius 3 is 2.62 bits per heavy atom. The predicted octanol–water partition coefficient (Wildman–Crippen LogP) is 2.34. The monoisotopic (exact) mass is 286 g/mol. The second-order valence-electron chi connectivity index (χ2n) is 4.12. The summed E-state index contributed by atoms with van der Waals surface area (Å²) in [6, 6.07) is 5.45. The average molecular weight is 287 g/mol. The lowest BCUT2D eigenvalue weighted by molar-refractivity contribution is -0.133. The molecule has 0 saturated heterocycles. The Hall–Kier alpha value is -0.870. The van der Waals surface area contributed by atoms with E-state index in [2.05, 4.69) is 15.9 Å². The van der Waals surface area contributed by atoms with Crippen LogP contribution in [0.5, 0.6) is 5.75 Å². The number of ketones is 1. The summed E-state index contributed by atoms with van der Waals surface area (Å²) < 4.78 is 6.04. The number of halogens is 1. The number of Topliss-reactive ketones (excluding diaryl/α,β-unsaturated/α-hetero) is 1. The first-order valence-corrected chi connectivity index (χ1v) is 5.72. The molecule has 0 spiro atoms. The predicted molar refractivity (Wildman–Crippen MR) is 65.7 cm³/mol. The standard InChI is InChI=1S/C12H15BrO3/c1-12(2,15)11(14)7-8-6-9(13)4-5-10(8)16-3/h4-6,15H,7H2,1-3H3. The largest absolute Gasteiger partial charge is 0.496 e. The topological polar surface area (TPSA) is 46.5 Å². The molecule has 1 rings (SSSR count). The second-order valence-corrected chi connectivity index (χ2v) is 5.03. The quantitative estimate of drug-likeness (QED) is 0.924. The first-order valence-electron chi connectivity index (χ1n) is 4.92. The maximum Gasteiger partial charge on any atom is 0.168 e. The average Bonchev–Trinajstić information content (AvgIpc) is 2.16. The van der Waals surface area contributed by atoms with Crippen LogP contribution in [0.25, 0.3) is 0 Å². The van der Waals surface area contributed by atoms with Gasteiger partial charge < -0.3 is 9.84 Å². The fourth-order valence-corrected chi connectivity index (χ4v) is 1.68. The van der Waals surface area contributed by atoms with Crippen LogP contribution in [-0.2, 0) is 11.2 Å². The number of benzene rings is 1. The Morgan fingerprint density at radius 1 is 1.50 bits per heavy atom. The Morgan fingerprint density at radius 2 is 2.12 bits per heavy atom. The van der Waals surface area contributed by atoms with Crippen molar-refractivity contribution in [2.45, 2.75) is 25.9 Å². The van der Waals surface area contributed by atoms with Gasteiger partial charge in [0.1, 0.15) is 11.4 Å². The van der Waals surface area contributed by atoms with Crippen LogP contribution >= 0.6 is 15.9 Å². The maximum absolute atomic E-state index is 11.7. The Bertz CT molecular complexity index is 394. The van der Waals surface area contributed by atoms with E-state index < -0.39 is 5.60 Å². The summed E-state index contributed by atoms with van der Waals surface area (Å²) in [4.78, 5) is 11.7. The van der Waals surface area contributed by atoms with E-state index in [1.807, 2.05) is 12.1 Å². The van der Waals surface area contributed by atoms with Crippen molar-refractivity contribution < 1.29 is 14.6 Å². The van der Waals surface area contributed by atoms with Crippen LogP contribution in [-0.4, -0.2) is 23.6 Å². The van der Waals surface area contributed by atoms with Crippen molar-refractivity contribution in [1.82, 2.24) is 0 Å². The number of hydrogen-bond acceptors (Lipinski definition) is 3. The third-order valence-corrected chi connectivity index (χ3v) is 2.77. The first-order chi connectivity index (χ1) is 7.34. The van der Waals surface area contributed by atoms with Crippen molar-refractivity contribution in [3.05, 3.63) is 28.2 Å². The van der Waals surface area contributed by atoms with Gasteiger partial charge in [-0.05, 0) is 32.0 Å². The fraction of sp³-hybridized carbons (Fsp3) is 0.417. The van der Waals surface area contributed by atoms with Gasteiger partial charge in [-0.3, -0.25) is 4.79 Å². The molecule has 0 aliphatic rings. The minimum Gasteiger partial charge on any atom is -0.496 e. The number of carbonyl (C=O) groups excluding carboxylic acids is 1. The number of rotatable bonds is 4. The lowest BCUT2D eigenvalue weighted by Gasteiger charge is -2.16. The molecular formula is C12H15BrO3. The molecule has 0 amide bonds. The van der Waals surface area contributed by atoms with Crippen LogP contribution in [0.2, 0.25) is 0 Å². The molecule has 0 aliphatic heterocycles. The first kappa shape index (κ1) is 13.2. The van der Waals surface area contributed by atoms with Gasteiger partial charge in [0, 0.05) is 16.5 Å². The normalized spacial score (nSPS) is 11.3. The molecule has 0 radical (unpaired) electrons. The third kappa shape index (κ3) is 3.32. The van der Waals surface area contributed by atoms with Crippen molar-refractivity contribution in [3.8, 4) is 5.75 Å². The van der Waals surface area contributed by atoms with E-state index in [1.54, 1.807) is 13.2 Å². The highest BCUT2D eigenvalue weighted by Crippen LogP contribution is 2.24. The lowest BCUT2D eigenvalue weighted by atomic mass is 9.97. The minimum absolute atomic E-state index is 0.159. The van der Waals surface area contributed by atoms with Gasteiger partial charge in [0.25, 0.3) is 0 Å². The van der Waals surface area contributed by atoms with Crippen molar-refractivity contribution in [1.29, 1.82) is 0 Å². The number of ether oxygens (including phenoxy) is 1. The van der Waals surface area contributed by atoms with E-state index in [4.69, 9.17) is 4.74 Å². The van der Waals surface area contributed by atoms with E-state index in [0.29, 0.717) is 5.75 Å². The van der Waals surface area contributed by atoms with Gasteiger partial charge in [0.05, 0.1) is 7.11 Å². The molecule has 0 saturated carbocycles. The van der Waals surface area contributed by atoms with E-state index >= 15 is 0 Å². The van der Waals surface area contributed by atoms with Crippen molar-refractivity contribution in [2.24, 2.45) is 0 Å². The van der Waals surface area contributed by atoms with Gasteiger partial charge in [-0.15, -0.1) is 0 Å². The van der Waals surface area contributed by atoms with E-state index in [-0.39, 0.29) is 12.2 Å². The van der Waals surface area contributed by atoms with E-state index in [1.165, 1.54) is 13.8 Å². The molecule has 1 N–H and O–H groups in total. The van der Waals surface area contributed by atoms with Crippen LogP contribution in [0.1, 0.15) is 19.4 Å². The maximum atomic E-state index is 11.7. The number of carbonyl (C=O) groups is 1. The zero-order chi connectivity index (χ0) is 12.3. The van der Waals surface area contributed by atoms with E-state index in [0.717, 1.165) is 10.0 Å². The zero-order valence-corrected chi connectivity index (χ0v) is 11.2. The molecule has 0 heterocycles. The summed E-state index contributed by atoms with van der Waals surface area (Å²) in [7, 11) is 1.56. The highest BCUT2D eigenvalue weighted by atomic mass is 79.9. The van der Waals surface area contributed by atoms with Crippen LogP contribution < -0.4 is 4.74 Å². The van der Waals surface area contributed by atoms with Crippen molar-refractivity contribution >= 4 is 21.7 Å². The number of hydrogen-bond donors (Lipinski definition) is 1. The summed E-state index contributed by atoms with van der Waals surface area (Å²) in [6.45, 7) is 2.97. The SMILES string of the molecule is COc1ccc(Br)cc1CC(=O)C(C)(C)O. The van der Waals surface area contributed by atoms with Gasteiger partial charge in [-0.1, -0.05) is 15.9 Å². The Kier molecular flexibility index (Phi) is 4.10. The van der Waals surface area contributed by atoms with Gasteiger partial charge in [-0.25, -0.2) is 0 Å². The zero-order valence-electron chi connectivity index (χ0n) is 9.58. The molecule has 0 fully saturated rings. The fourth-order valence-electron chi connectivity index (χ4n) is 1.27. The highest BCUT2D eigenvalue weighted by molar-refractivity contribution is 9.10. The Balaban J connectivity index is 2.96. The molecular weight excluding hydrogens is 272 g/mol. The molecule has 0 aliphatic carbocycles. The number of methoxy groups -OCH3 is 1. The molecule has 0 unspecified atom stereocenters. The van der Waals surface area contributed by atoms with Gasteiger partial charge in [-0.2, -0.15) is 0 Å². The lowest BCUT2D eigenvalue weighted by Crippen LogP contribution is -2.32. The summed E-state index contributed by atoms with van der Waals surface area (Å²) in [5, 5.41) is 9.58.